The Morgan fingerprint density at radius 1 is 1.06 bits per heavy atom. The standard InChI is InChI=1S/C22H26F3N3O2S/c1-15(2)19(26-20(29)18-4-3-13-31-18)21(30)28-11-9-27(10-12-28)14-16-5-7-17(8-6-16)22(23,24)25/h3-8,13,15,19H,9-12,14H2,1-2H3,(H,26,29). The van der Waals surface area contributed by atoms with Crippen LogP contribution in [0.5, 0.6) is 0 Å². The summed E-state index contributed by atoms with van der Waals surface area (Å²) in [4.78, 5) is 29.9. The molecule has 1 aromatic heterocycles. The molecule has 1 fully saturated rings. The molecule has 168 valence electrons. The molecule has 0 bridgehead atoms. The molecule has 1 saturated heterocycles. The van der Waals surface area contributed by atoms with Gasteiger partial charge in [-0.05, 0) is 35.1 Å². The maximum atomic E-state index is 13.0. The number of carbonyl (C=O) groups is 2. The SMILES string of the molecule is CC(C)C(NC(=O)c1cccs1)C(=O)N1CCN(Cc2ccc(C(F)(F)F)cc2)CC1. The number of piperazine rings is 1. The molecule has 1 aliphatic rings. The van der Waals surface area contributed by atoms with E-state index in [0.717, 1.165) is 17.7 Å². The van der Waals surface area contributed by atoms with Crippen LogP contribution in [0, 0.1) is 5.92 Å². The second kappa shape index (κ2) is 9.82. The number of rotatable bonds is 6. The number of halogens is 3. The molecule has 2 amide bonds. The van der Waals surface area contributed by atoms with Crippen LogP contribution in [0.25, 0.3) is 0 Å². The van der Waals surface area contributed by atoms with Crippen LogP contribution in [0.3, 0.4) is 0 Å². The van der Waals surface area contributed by atoms with Crippen LogP contribution in [0.2, 0.25) is 0 Å². The molecule has 1 aliphatic heterocycles. The molecule has 1 unspecified atom stereocenters. The molecule has 1 aromatic carbocycles. The molecule has 0 aliphatic carbocycles. The summed E-state index contributed by atoms with van der Waals surface area (Å²) >= 11 is 1.33. The molecular weight excluding hydrogens is 427 g/mol. The van der Waals surface area contributed by atoms with Crippen LogP contribution in [-0.4, -0.2) is 53.8 Å². The van der Waals surface area contributed by atoms with E-state index >= 15 is 0 Å². The third-order valence-corrected chi connectivity index (χ3v) is 6.20. The summed E-state index contributed by atoms with van der Waals surface area (Å²) in [5.41, 5.74) is 0.145. The van der Waals surface area contributed by atoms with Crippen molar-refractivity contribution in [3.05, 3.63) is 57.8 Å². The summed E-state index contributed by atoms with van der Waals surface area (Å²) in [7, 11) is 0. The van der Waals surface area contributed by atoms with Crippen molar-refractivity contribution in [1.82, 2.24) is 15.1 Å². The van der Waals surface area contributed by atoms with Gasteiger partial charge in [0.2, 0.25) is 5.91 Å². The van der Waals surface area contributed by atoms with Gasteiger partial charge in [0, 0.05) is 32.7 Å². The molecule has 1 atom stereocenters. The van der Waals surface area contributed by atoms with Crippen molar-refractivity contribution in [1.29, 1.82) is 0 Å². The highest BCUT2D eigenvalue weighted by Gasteiger charge is 2.32. The van der Waals surface area contributed by atoms with Crippen LogP contribution in [-0.2, 0) is 17.5 Å². The normalized spacial score (nSPS) is 16.4. The van der Waals surface area contributed by atoms with Crippen LogP contribution in [0.1, 0.15) is 34.6 Å². The maximum absolute atomic E-state index is 13.0. The van der Waals surface area contributed by atoms with Crippen molar-refractivity contribution in [2.24, 2.45) is 5.92 Å². The molecular formula is C22H26F3N3O2S. The molecule has 31 heavy (non-hydrogen) atoms. The van der Waals surface area contributed by atoms with Crippen LogP contribution < -0.4 is 5.32 Å². The first-order chi connectivity index (χ1) is 14.6. The topological polar surface area (TPSA) is 52.7 Å². The van der Waals surface area contributed by atoms with E-state index in [0.29, 0.717) is 37.6 Å². The van der Waals surface area contributed by atoms with E-state index in [1.54, 1.807) is 17.0 Å². The van der Waals surface area contributed by atoms with E-state index < -0.39 is 17.8 Å². The maximum Gasteiger partial charge on any atom is 0.416 e. The van der Waals surface area contributed by atoms with Gasteiger partial charge in [0.1, 0.15) is 6.04 Å². The summed E-state index contributed by atoms with van der Waals surface area (Å²) in [5, 5.41) is 4.68. The molecule has 2 aromatic rings. The van der Waals surface area contributed by atoms with E-state index in [1.807, 2.05) is 19.2 Å². The van der Waals surface area contributed by atoms with Crippen molar-refractivity contribution in [2.75, 3.05) is 26.2 Å². The number of hydrogen-bond acceptors (Lipinski definition) is 4. The number of nitrogens with one attached hydrogen (secondary N) is 1. The van der Waals surface area contributed by atoms with Gasteiger partial charge in [-0.3, -0.25) is 14.5 Å². The zero-order valence-electron chi connectivity index (χ0n) is 17.5. The lowest BCUT2D eigenvalue weighted by Crippen LogP contribution is -2.56. The number of benzene rings is 1. The first kappa shape index (κ1) is 23.3. The van der Waals surface area contributed by atoms with Crippen molar-refractivity contribution in [3.63, 3.8) is 0 Å². The van der Waals surface area contributed by atoms with Gasteiger partial charge in [-0.2, -0.15) is 13.2 Å². The average molecular weight is 454 g/mol. The quantitative estimate of drug-likeness (QED) is 0.723. The molecule has 1 N–H and O–H groups in total. The van der Waals surface area contributed by atoms with Gasteiger partial charge in [0.25, 0.3) is 5.91 Å². The molecule has 0 radical (unpaired) electrons. The van der Waals surface area contributed by atoms with E-state index in [4.69, 9.17) is 0 Å². The lowest BCUT2D eigenvalue weighted by molar-refractivity contribution is -0.137. The van der Waals surface area contributed by atoms with Gasteiger partial charge in [-0.25, -0.2) is 0 Å². The number of hydrogen-bond donors (Lipinski definition) is 1. The lowest BCUT2D eigenvalue weighted by Gasteiger charge is -2.37. The van der Waals surface area contributed by atoms with Gasteiger partial charge < -0.3 is 10.2 Å². The van der Waals surface area contributed by atoms with Crippen LogP contribution in [0.15, 0.2) is 41.8 Å². The average Bonchev–Trinajstić information content (AvgIpc) is 3.26. The van der Waals surface area contributed by atoms with Gasteiger partial charge in [0.15, 0.2) is 0 Å². The number of amides is 2. The Morgan fingerprint density at radius 2 is 1.71 bits per heavy atom. The van der Waals surface area contributed by atoms with Crippen LogP contribution >= 0.6 is 11.3 Å². The summed E-state index contributed by atoms with van der Waals surface area (Å²) in [6, 6.07) is 8.10. The minimum absolute atomic E-state index is 0.0541. The zero-order chi connectivity index (χ0) is 22.6. The summed E-state index contributed by atoms with van der Waals surface area (Å²) in [5.74, 6) is -0.404. The Labute approximate surface area is 183 Å². The molecule has 5 nitrogen and oxygen atoms in total. The number of nitrogens with zero attached hydrogens (tertiary/aromatic N) is 2. The van der Waals surface area contributed by atoms with Crippen molar-refractivity contribution >= 4 is 23.2 Å². The summed E-state index contributed by atoms with van der Waals surface area (Å²) in [6.07, 6.45) is -4.34. The summed E-state index contributed by atoms with van der Waals surface area (Å²) in [6.45, 7) is 6.60. The Bertz CT molecular complexity index is 874. The smallest absolute Gasteiger partial charge is 0.339 e. The van der Waals surface area contributed by atoms with E-state index in [9.17, 15) is 22.8 Å². The highest BCUT2D eigenvalue weighted by atomic mass is 32.1. The predicted octanol–water partition coefficient (Wildman–Crippen LogP) is 3.87. The van der Waals surface area contributed by atoms with Crippen molar-refractivity contribution in [3.8, 4) is 0 Å². The lowest BCUT2D eigenvalue weighted by atomic mass is 10.0. The van der Waals surface area contributed by atoms with Gasteiger partial charge in [0.05, 0.1) is 10.4 Å². The van der Waals surface area contributed by atoms with E-state index in [-0.39, 0.29) is 17.7 Å². The fourth-order valence-electron chi connectivity index (χ4n) is 3.51. The Balaban J connectivity index is 1.53. The van der Waals surface area contributed by atoms with Gasteiger partial charge in [-0.1, -0.05) is 32.0 Å². The highest BCUT2D eigenvalue weighted by molar-refractivity contribution is 7.12. The highest BCUT2D eigenvalue weighted by Crippen LogP contribution is 2.29. The number of thiophene rings is 1. The molecule has 9 heteroatoms. The number of alkyl halides is 3. The van der Waals surface area contributed by atoms with Gasteiger partial charge >= 0.3 is 6.18 Å². The fraction of sp³-hybridized carbons (Fsp3) is 0.455. The third-order valence-electron chi connectivity index (χ3n) is 5.34. The van der Waals surface area contributed by atoms with Crippen molar-refractivity contribution < 1.29 is 22.8 Å². The van der Waals surface area contributed by atoms with Crippen LogP contribution in [0.4, 0.5) is 13.2 Å². The number of carbonyl (C=O) groups excluding carboxylic acids is 2. The van der Waals surface area contributed by atoms with Gasteiger partial charge in [-0.15, -0.1) is 11.3 Å². The second-order valence-electron chi connectivity index (χ2n) is 7.97. The van der Waals surface area contributed by atoms with E-state index in [2.05, 4.69) is 10.2 Å². The minimum Gasteiger partial charge on any atom is -0.339 e. The Kier molecular flexibility index (Phi) is 7.38. The Hall–Kier alpha value is -2.39. The van der Waals surface area contributed by atoms with Crippen molar-refractivity contribution in [2.45, 2.75) is 32.6 Å². The van der Waals surface area contributed by atoms with E-state index in [1.165, 1.54) is 23.5 Å². The largest absolute Gasteiger partial charge is 0.416 e. The minimum atomic E-state index is -4.34. The predicted molar refractivity (Wildman–Crippen MR) is 114 cm³/mol. The first-order valence-corrected chi connectivity index (χ1v) is 11.0. The molecule has 3 rings (SSSR count). The Morgan fingerprint density at radius 3 is 2.23 bits per heavy atom. The monoisotopic (exact) mass is 453 g/mol. The first-order valence-electron chi connectivity index (χ1n) is 10.2. The third kappa shape index (κ3) is 6.07. The summed E-state index contributed by atoms with van der Waals surface area (Å²) < 4.78 is 38.1. The fourth-order valence-corrected chi connectivity index (χ4v) is 4.14. The second-order valence-corrected chi connectivity index (χ2v) is 8.92. The molecule has 0 spiro atoms. The zero-order valence-corrected chi connectivity index (χ0v) is 18.3. The molecule has 2 heterocycles. The molecule has 0 saturated carbocycles.